The third-order valence-electron chi connectivity index (χ3n) is 4.37. The number of thiophene rings is 1. The minimum Gasteiger partial charge on any atom is -0.451 e. The van der Waals surface area contributed by atoms with E-state index < -0.39 is 0 Å². The molecule has 1 aromatic carbocycles. The van der Waals surface area contributed by atoms with Crippen molar-refractivity contribution >= 4 is 28.2 Å². The van der Waals surface area contributed by atoms with Crippen LogP contribution < -0.4 is 10.7 Å². The molecule has 1 atom stereocenters. The van der Waals surface area contributed by atoms with Crippen molar-refractivity contribution < 1.29 is 9.21 Å². The number of nitrogens with one attached hydrogen (secondary N) is 1. The second kappa shape index (κ2) is 7.85. The number of benzene rings is 1. The van der Waals surface area contributed by atoms with E-state index in [0.717, 1.165) is 12.0 Å². The van der Waals surface area contributed by atoms with Crippen molar-refractivity contribution in [3.63, 3.8) is 0 Å². The Balaban J connectivity index is 1.80. The molecule has 0 fully saturated rings. The van der Waals surface area contributed by atoms with Gasteiger partial charge in [0.05, 0.1) is 11.4 Å². The van der Waals surface area contributed by atoms with Gasteiger partial charge in [0.1, 0.15) is 5.58 Å². The number of nitrogens with zero attached hydrogens (tertiary/aromatic N) is 1. The van der Waals surface area contributed by atoms with Gasteiger partial charge >= 0.3 is 0 Å². The topological polar surface area (TPSA) is 62.6 Å². The number of carbonyl (C=O) groups excluding carboxylic acids is 1. The molecule has 0 saturated carbocycles. The van der Waals surface area contributed by atoms with E-state index in [-0.39, 0.29) is 23.1 Å². The normalized spacial score (nSPS) is 12.5. The van der Waals surface area contributed by atoms with Gasteiger partial charge in [0.2, 0.25) is 0 Å². The molecule has 26 heavy (non-hydrogen) atoms. The van der Waals surface area contributed by atoms with Crippen molar-refractivity contribution in [3.8, 4) is 0 Å². The predicted octanol–water partition coefficient (Wildman–Crippen LogP) is 3.45. The van der Waals surface area contributed by atoms with E-state index in [2.05, 4.69) is 10.2 Å². The summed E-state index contributed by atoms with van der Waals surface area (Å²) in [6.07, 6.45) is 0.840. The molecule has 1 N–H and O–H groups in total. The number of rotatable bonds is 6. The number of likely N-dealkylation sites (N-methyl/N-ethyl adjacent to an activating group) is 1. The van der Waals surface area contributed by atoms with Crippen LogP contribution in [0.3, 0.4) is 0 Å². The van der Waals surface area contributed by atoms with Crippen molar-refractivity contribution in [3.05, 3.63) is 68.2 Å². The lowest BCUT2D eigenvalue weighted by Gasteiger charge is -2.23. The Kier molecular flexibility index (Phi) is 5.54. The molecule has 3 rings (SSSR count). The van der Waals surface area contributed by atoms with Crippen molar-refractivity contribution in [2.45, 2.75) is 19.4 Å². The van der Waals surface area contributed by atoms with Crippen LogP contribution in [0.25, 0.3) is 11.0 Å². The van der Waals surface area contributed by atoms with Crippen molar-refractivity contribution in [2.24, 2.45) is 0 Å². The van der Waals surface area contributed by atoms with E-state index in [1.54, 1.807) is 17.4 Å². The minimum atomic E-state index is -0.382. The fraction of sp³-hybridized carbons (Fsp3) is 0.300. The summed E-state index contributed by atoms with van der Waals surface area (Å²) in [6, 6.07) is 10.9. The number of carbonyl (C=O) groups is 1. The molecule has 2 heterocycles. The maximum absolute atomic E-state index is 12.5. The van der Waals surface area contributed by atoms with Gasteiger partial charge in [0.25, 0.3) is 5.91 Å². The first-order valence-corrected chi connectivity index (χ1v) is 9.42. The third kappa shape index (κ3) is 3.86. The molecule has 1 amide bonds. The molecule has 0 unspecified atom stereocenters. The van der Waals surface area contributed by atoms with Crippen LogP contribution in [0, 0.1) is 0 Å². The van der Waals surface area contributed by atoms with Crippen LogP contribution in [0.5, 0.6) is 0 Å². The summed E-state index contributed by atoms with van der Waals surface area (Å²) in [4.78, 5) is 28.1. The zero-order valence-corrected chi connectivity index (χ0v) is 15.9. The maximum Gasteiger partial charge on any atom is 0.287 e. The van der Waals surface area contributed by atoms with Crippen molar-refractivity contribution in [1.82, 2.24) is 10.2 Å². The van der Waals surface area contributed by atoms with E-state index in [4.69, 9.17) is 4.42 Å². The molecule has 0 aliphatic heterocycles. The average molecular weight is 370 g/mol. The van der Waals surface area contributed by atoms with Crippen LogP contribution in [-0.2, 0) is 6.42 Å². The Morgan fingerprint density at radius 2 is 2.08 bits per heavy atom. The fourth-order valence-corrected chi connectivity index (χ4v) is 3.75. The zero-order chi connectivity index (χ0) is 18.7. The van der Waals surface area contributed by atoms with E-state index in [1.165, 1.54) is 10.9 Å². The van der Waals surface area contributed by atoms with Crippen LogP contribution in [0.1, 0.15) is 34.0 Å². The highest BCUT2D eigenvalue weighted by atomic mass is 32.1. The summed E-state index contributed by atoms with van der Waals surface area (Å²) in [5.41, 5.74) is 1.29. The number of hydrogen-bond acceptors (Lipinski definition) is 5. The predicted molar refractivity (Wildman–Crippen MR) is 105 cm³/mol. The molecule has 136 valence electrons. The molecule has 5 nitrogen and oxygen atoms in total. The lowest BCUT2D eigenvalue weighted by molar-refractivity contribution is 0.0915. The fourth-order valence-electron chi connectivity index (χ4n) is 2.83. The van der Waals surface area contributed by atoms with Crippen LogP contribution in [0.2, 0.25) is 0 Å². The molecular formula is C20H22N2O3S. The van der Waals surface area contributed by atoms with E-state index >= 15 is 0 Å². The SMILES string of the molecule is CCc1ccc2oc(C(=O)NC[C@H](c3cccs3)N(C)C)cc(=O)c2c1. The Hall–Kier alpha value is -2.44. The molecule has 0 aliphatic rings. The van der Waals surface area contributed by atoms with Gasteiger partial charge in [-0.05, 0) is 49.7 Å². The second-order valence-electron chi connectivity index (χ2n) is 6.36. The second-order valence-corrected chi connectivity index (χ2v) is 7.34. The summed E-state index contributed by atoms with van der Waals surface area (Å²) >= 11 is 1.65. The first-order valence-electron chi connectivity index (χ1n) is 8.54. The first-order chi connectivity index (χ1) is 12.5. The number of amides is 1. The molecule has 0 aliphatic carbocycles. The zero-order valence-electron chi connectivity index (χ0n) is 15.1. The highest BCUT2D eigenvalue weighted by molar-refractivity contribution is 7.10. The van der Waals surface area contributed by atoms with Gasteiger partial charge in [-0.3, -0.25) is 9.59 Å². The summed E-state index contributed by atoms with van der Waals surface area (Å²) in [5.74, 6) is -0.345. The highest BCUT2D eigenvalue weighted by Gasteiger charge is 2.18. The monoisotopic (exact) mass is 370 g/mol. The lowest BCUT2D eigenvalue weighted by atomic mass is 10.1. The van der Waals surface area contributed by atoms with Crippen LogP contribution in [-0.4, -0.2) is 31.4 Å². The highest BCUT2D eigenvalue weighted by Crippen LogP contribution is 2.22. The van der Waals surface area contributed by atoms with E-state index in [9.17, 15) is 9.59 Å². The first kappa shape index (κ1) is 18.4. The van der Waals surface area contributed by atoms with Crippen LogP contribution >= 0.6 is 11.3 Å². The Bertz CT molecular complexity index is 961. The van der Waals surface area contributed by atoms with Gasteiger partial charge in [-0.1, -0.05) is 19.1 Å². The number of aryl methyl sites for hydroxylation is 1. The average Bonchev–Trinajstić information content (AvgIpc) is 3.15. The molecule has 0 saturated heterocycles. The molecule has 0 bridgehead atoms. The molecule has 6 heteroatoms. The van der Waals surface area contributed by atoms with Gasteiger partial charge in [-0.2, -0.15) is 0 Å². The molecule has 2 aromatic heterocycles. The quantitative estimate of drug-likeness (QED) is 0.722. The Morgan fingerprint density at radius 3 is 2.73 bits per heavy atom. The summed E-state index contributed by atoms with van der Waals surface area (Å²) in [5, 5.41) is 5.40. The van der Waals surface area contributed by atoms with E-state index in [1.807, 2.05) is 50.7 Å². The number of fused-ring (bicyclic) bond motifs is 1. The van der Waals surface area contributed by atoms with Gasteiger partial charge in [0.15, 0.2) is 11.2 Å². The number of hydrogen-bond donors (Lipinski definition) is 1. The summed E-state index contributed by atoms with van der Waals surface area (Å²) in [7, 11) is 3.94. The Morgan fingerprint density at radius 1 is 1.27 bits per heavy atom. The smallest absolute Gasteiger partial charge is 0.287 e. The third-order valence-corrected chi connectivity index (χ3v) is 5.35. The van der Waals surface area contributed by atoms with Crippen LogP contribution in [0.4, 0.5) is 0 Å². The standard InChI is InChI=1S/C20H22N2O3S/c1-4-13-7-8-17-14(10-13)16(23)11-18(25-17)20(24)21-12-15(22(2)3)19-6-5-9-26-19/h5-11,15H,4,12H2,1-3H3,(H,21,24)/t15-/m1/s1. The van der Waals surface area contributed by atoms with Gasteiger partial charge in [-0.25, -0.2) is 0 Å². The van der Waals surface area contributed by atoms with Gasteiger partial charge < -0.3 is 14.6 Å². The summed E-state index contributed by atoms with van der Waals surface area (Å²) in [6.45, 7) is 2.46. The van der Waals surface area contributed by atoms with E-state index in [0.29, 0.717) is 17.5 Å². The molecule has 0 spiro atoms. The molecular weight excluding hydrogens is 348 g/mol. The maximum atomic E-state index is 12.5. The minimum absolute atomic E-state index is 0.0374. The van der Waals surface area contributed by atoms with Gasteiger partial charge in [0, 0.05) is 17.5 Å². The summed E-state index contributed by atoms with van der Waals surface area (Å²) < 4.78 is 5.66. The molecule has 3 aromatic rings. The molecule has 0 radical (unpaired) electrons. The van der Waals surface area contributed by atoms with Crippen molar-refractivity contribution in [2.75, 3.05) is 20.6 Å². The Labute approximate surface area is 156 Å². The lowest BCUT2D eigenvalue weighted by Crippen LogP contribution is -2.34. The van der Waals surface area contributed by atoms with Crippen molar-refractivity contribution in [1.29, 1.82) is 0 Å². The van der Waals surface area contributed by atoms with Gasteiger partial charge in [-0.15, -0.1) is 11.3 Å². The largest absolute Gasteiger partial charge is 0.451 e. The van der Waals surface area contributed by atoms with Crippen LogP contribution in [0.15, 0.2) is 51.0 Å².